The Kier molecular flexibility index (Phi) is 3.94. The summed E-state index contributed by atoms with van der Waals surface area (Å²) in [5.74, 6) is -0.630. The molecule has 4 aromatic heterocycles. The van der Waals surface area contributed by atoms with E-state index in [0.29, 0.717) is 11.9 Å². The van der Waals surface area contributed by atoms with Gasteiger partial charge in [-0.25, -0.2) is 14.7 Å². The van der Waals surface area contributed by atoms with Crippen LogP contribution in [0, 0.1) is 0 Å². The summed E-state index contributed by atoms with van der Waals surface area (Å²) >= 11 is 1.52. The number of aromatic nitrogens is 6. The zero-order valence-electron chi connectivity index (χ0n) is 15.3. The standard InChI is InChI=1S/C17H16N8O3S/c1-24-12-9(14-16(24)22-11(29-14)4-8-2-3-20-23-8)5-21-25(17(12)27)6-10-13(15(18)26)28-7-19-10/h2-3,5,7,10,13H,4,6H2,1H3,(H2,18,26)(H,20,23). The highest BCUT2D eigenvalue weighted by Crippen LogP contribution is 2.31. The minimum Gasteiger partial charge on any atom is -0.468 e. The molecule has 0 saturated heterocycles. The van der Waals surface area contributed by atoms with Crippen LogP contribution < -0.4 is 11.3 Å². The Labute approximate surface area is 166 Å². The number of aromatic amines is 1. The zero-order chi connectivity index (χ0) is 20.1. The maximum atomic E-state index is 13.1. The molecule has 0 spiro atoms. The molecule has 5 rings (SSSR count). The van der Waals surface area contributed by atoms with Gasteiger partial charge in [0.1, 0.15) is 16.6 Å². The van der Waals surface area contributed by atoms with Crippen LogP contribution in [0.4, 0.5) is 0 Å². The van der Waals surface area contributed by atoms with Crippen LogP contribution in [0.5, 0.6) is 0 Å². The van der Waals surface area contributed by atoms with Crippen molar-refractivity contribution in [2.45, 2.75) is 25.1 Å². The third-order valence-electron chi connectivity index (χ3n) is 4.91. The number of amides is 1. The number of ether oxygens (including phenoxy) is 1. The largest absolute Gasteiger partial charge is 0.468 e. The molecule has 0 bridgehead atoms. The van der Waals surface area contributed by atoms with E-state index in [1.54, 1.807) is 24.0 Å². The number of nitrogens with zero attached hydrogens (tertiary/aromatic N) is 6. The molecule has 3 N–H and O–H groups in total. The molecule has 0 aromatic carbocycles. The maximum absolute atomic E-state index is 13.1. The second kappa shape index (κ2) is 6.51. The molecule has 1 aliphatic rings. The monoisotopic (exact) mass is 412 g/mol. The first-order valence-electron chi connectivity index (χ1n) is 8.82. The minimum atomic E-state index is -0.900. The molecular formula is C17H16N8O3S. The number of carbonyl (C=O) groups is 1. The summed E-state index contributed by atoms with van der Waals surface area (Å²) in [5.41, 5.74) is 7.17. The number of aliphatic imine (C=N–C) groups is 1. The topological polar surface area (TPSA) is 146 Å². The van der Waals surface area contributed by atoms with E-state index in [9.17, 15) is 9.59 Å². The lowest BCUT2D eigenvalue weighted by Gasteiger charge is -2.14. The van der Waals surface area contributed by atoms with Crippen LogP contribution in [0.1, 0.15) is 10.7 Å². The van der Waals surface area contributed by atoms with E-state index in [2.05, 4.69) is 25.3 Å². The highest BCUT2D eigenvalue weighted by atomic mass is 32.1. The van der Waals surface area contributed by atoms with Crippen LogP contribution in [-0.2, 0) is 29.5 Å². The van der Waals surface area contributed by atoms with Gasteiger partial charge in [-0.15, -0.1) is 11.3 Å². The predicted octanol–water partition coefficient (Wildman–Crippen LogP) is -0.0604. The fourth-order valence-corrected chi connectivity index (χ4v) is 4.63. The van der Waals surface area contributed by atoms with Crippen molar-refractivity contribution in [2.75, 3.05) is 0 Å². The summed E-state index contributed by atoms with van der Waals surface area (Å²) in [6, 6.07) is 1.31. The molecular weight excluding hydrogens is 396 g/mol. The van der Waals surface area contributed by atoms with E-state index in [1.807, 2.05) is 6.07 Å². The second-order valence-corrected chi connectivity index (χ2v) is 7.82. The number of primary amides is 1. The van der Waals surface area contributed by atoms with Gasteiger partial charge in [-0.3, -0.25) is 14.7 Å². The number of thiazole rings is 1. The zero-order valence-corrected chi connectivity index (χ0v) is 16.1. The highest BCUT2D eigenvalue weighted by molar-refractivity contribution is 7.19. The van der Waals surface area contributed by atoms with Gasteiger partial charge < -0.3 is 15.0 Å². The quantitative estimate of drug-likeness (QED) is 0.469. The normalized spacial score (nSPS) is 18.7. The Hall–Kier alpha value is -3.54. The first-order chi connectivity index (χ1) is 14.0. The number of aryl methyl sites for hydroxylation is 1. The third-order valence-corrected chi connectivity index (χ3v) is 5.99. The summed E-state index contributed by atoms with van der Waals surface area (Å²) in [4.78, 5) is 33.3. The van der Waals surface area contributed by atoms with Gasteiger partial charge in [0.15, 0.2) is 12.0 Å². The van der Waals surface area contributed by atoms with Crippen molar-refractivity contribution in [3.8, 4) is 0 Å². The number of fused-ring (bicyclic) bond motifs is 3. The molecule has 12 heteroatoms. The van der Waals surface area contributed by atoms with Crippen LogP contribution in [0.25, 0.3) is 21.3 Å². The summed E-state index contributed by atoms with van der Waals surface area (Å²) in [6.07, 6.45) is 4.32. The minimum absolute atomic E-state index is 0.0928. The van der Waals surface area contributed by atoms with E-state index in [-0.39, 0.29) is 12.1 Å². The van der Waals surface area contributed by atoms with Crippen molar-refractivity contribution < 1.29 is 9.53 Å². The third kappa shape index (κ3) is 2.79. The van der Waals surface area contributed by atoms with Gasteiger partial charge in [0.2, 0.25) is 6.10 Å². The second-order valence-electron chi connectivity index (χ2n) is 6.74. The molecule has 0 saturated carbocycles. The number of hydrogen-bond acceptors (Lipinski definition) is 8. The van der Waals surface area contributed by atoms with Gasteiger partial charge in [-0.2, -0.15) is 10.2 Å². The van der Waals surface area contributed by atoms with Crippen LogP contribution in [0.15, 0.2) is 28.2 Å². The van der Waals surface area contributed by atoms with Crippen molar-refractivity contribution >= 4 is 44.9 Å². The molecule has 11 nitrogen and oxygen atoms in total. The number of nitrogens with one attached hydrogen (secondary N) is 1. The molecule has 29 heavy (non-hydrogen) atoms. The van der Waals surface area contributed by atoms with Crippen molar-refractivity contribution in [2.24, 2.45) is 17.8 Å². The summed E-state index contributed by atoms with van der Waals surface area (Å²) in [5, 5.41) is 12.9. The Balaban J connectivity index is 1.54. The van der Waals surface area contributed by atoms with E-state index in [4.69, 9.17) is 10.5 Å². The van der Waals surface area contributed by atoms with E-state index in [0.717, 1.165) is 26.4 Å². The van der Waals surface area contributed by atoms with Crippen LogP contribution in [0.3, 0.4) is 0 Å². The van der Waals surface area contributed by atoms with Crippen LogP contribution in [-0.4, -0.2) is 54.0 Å². The lowest BCUT2D eigenvalue weighted by molar-refractivity contribution is -0.125. The molecule has 5 heterocycles. The fraction of sp³-hybridized carbons (Fsp3) is 0.294. The van der Waals surface area contributed by atoms with Gasteiger partial charge in [0, 0.05) is 25.1 Å². The SMILES string of the molecule is Cn1c2nc(Cc3cc[nH]n3)sc2c2cnn(CC3N=COC3C(N)=O)c(=O)c21. The Morgan fingerprint density at radius 1 is 1.45 bits per heavy atom. The van der Waals surface area contributed by atoms with Gasteiger partial charge in [0.25, 0.3) is 11.5 Å². The summed E-state index contributed by atoms with van der Waals surface area (Å²) in [6.45, 7) is 0.0928. The number of rotatable bonds is 5. The first-order valence-corrected chi connectivity index (χ1v) is 9.63. The van der Waals surface area contributed by atoms with Crippen molar-refractivity contribution in [3.63, 3.8) is 0 Å². The smallest absolute Gasteiger partial charge is 0.291 e. The first kappa shape index (κ1) is 17.6. The van der Waals surface area contributed by atoms with Crippen molar-refractivity contribution in [1.29, 1.82) is 0 Å². The van der Waals surface area contributed by atoms with Gasteiger partial charge in [-0.05, 0) is 6.07 Å². The van der Waals surface area contributed by atoms with Crippen molar-refractivity contribution in [3.05, 3.63) is 39.5 Å². The number of H-pyrrole nitrogens is 1. The molecule has 1 aliphatic heterocycles. The predicted molar refractivity (Wildman–Crippen MR) is 106 cm³/mol. The van der Waals surface area contributed by atoms with Gasteiger partial charge in [-0.1, -0.05) is 0 Å². The van der Waals surface area contributed by atoms with E-state index < -0.39 is 18.1 Å². The van der Waals surface area contributed by atoms with Gasteiger partial charge in [0.05, 0.1) is 23.1 Å². The average molecular weight is 412 g/mol. The molecule has 148 valence electrons. The molecule has 2 atom stereocenters. The van der Waals surface area contributed by atoms with Crippen LogP contribution in [0.2, 0.25) is 0 Å². The lowest BCUT2D eigenvalue weighted by Crippen LogP contribution is -2.41. The fourth-order valence-electron chi connectivity index (χ4n) is 3.51. The molecule has 4 aromatic rings. The Morgan fingerprint density at radius 3 is 3.07 bits per heavy atom. The molecule has 0 aliphatic carbocycles. The molecule has 0 fully saturated rings. The Morgan fingerprint density at radius 2 is 2.31 bits per heavy atom. The van der Waals surface area contributed by atoms with Crippen LogP contribution >= 0.6 is 11.3 Å². The van der Waals surface area contributed by atoms with Gasteiger partial charge >= 0.3 is 0 Å². The lowest BCUT2D eigenvalue weighted by atomic mass is 10.1. The number of hydrogen-bond donors (Lipinski definition) is 2. The molecule has 1 amide bonds. The maximum Gasteiger partial charge on any atom is 0.291 e. The van der Waals surface area contributed by atoms with E-state index >= 15 is 0 Å². The highest BCUT2D eigenvalue weighted by Gasteiger charge is 2.32. The number of carbonyl (C=O) groups excluding carboxylic acids is 1. The van der Waals surface area contributed by atoms with Crippen molar-refractivity contribution in [1.82, 2.24) is 29.5 Å². The summed E-state index contributed by atoms with van der Waals surface area (Å²) in [7, 11) is 1.80. The average Bonchev–Trinajstić information content (AvgIpc) is 3.45. The Bertz CT molecular complexity index is 1320. The molecule has 0 radical (unpaired) electrons. The molecule has 2 unspecified atom stereocenters. The van der Waals surface area contributed by atoms with E-state index in [1.165, 1.54) is 22.4 Å². The number of nitrogens with two attached hydrogens (primary N) is 1. The summed E-state index contributed by atoms with van der Waals surface area (Å²) < 4.78 is 9.07.